The van der Waals surface area contributed by atoms with Crippen molar-refractivity contribution in [2.75, 3.05) is 19.6 Å². The van der Waals surface area contributed by atoms with E-state index in [1.165, 1.54) is 0 Å². The van der Waals surface area contributed by atoms with E-state index >= 15 is 0 Å². The van der Waals surface area contributed by atoms with E-state index in [0.29, 0.717) is 6.54 Å². The zero-order valence-corrected chi connectivity index (χ0v) is 13.9. The highest BCUT2D eigenvalue weighted by Crippen LogP contribution is 2.25. The molecule has 0 aromatic heterocycles. The van der Waals surface area contributed by atoms with Crippen molar-refractivity contribution in [1.82, 2.24) is 15.5 Å². The van der Waals surface area contributed by atoms with E-state index in [9.17, 15) is 14.7 Å². The average molecular weight is 315 g/mol. The number of hydrogen-bond donors (Lipinski definition) is 4. The molecule has 128 valence electrons. The van der Waals surface area contributed by atoms with Crippen molar-refractivity contribution in [3.8, 4) is 0 Å². The van der Waals surface area contributed by atoms with Gasteiger partial charge in [-0.15, -0.1) is 0 Å². The lowest BCUT2D eigenvalue weighted by Gasteiger charge is -2.42. The van der Waals surface area contributed by atoms with Crippen LogP contribution < -0.4 is 10.6 Å². The number of carboxylic acids is 1. The summed E-state index contributed by atoms with van der Waals surface area (Å²) in [6.45, 7) is 8.61. The molecule has 0 aliphatic heterocycles. The number of likely N-dealkylation sites (N-methyl/N-ethyl adjacent to an activating group) is 1. The SMILES string of the molecule is CCN(CC(=O)O)C1CC(NC(=O)NCC(O)C(C)(C)C)C1. The quantitative estimate of drug-likeness (QED) is 0.552. The molecule has 1 aliphatic carbocycles. The number of nitrogens with zero attached hydrogens (tertiary/aromatic N) is 1. The number of nitrogens with one attached hydrogen (secondary N) is 2. The Kier molecular flexibility index (Phi) is 6.62. The van der Waals surface area contributed by atoms with Gasteiger partial charge in [0.2, 0.25) is 0 Å². The molecule has 1 rings (SSSR count). The van der Waals surface area contributed by atoms with Crippen molar-refractivity contribution in [3.05, 3.63) is 0 Å². The minimum Gasteiger partial charge on any atom is -0.480 e. The second-order valence-electron chi connectivity index (χ2n) is 7.02. The van der Waals surface area contributed by atoms with Crippen LogP contribution in [0.2, 0.25) is 0 Å². The first-order valence-electron chi connectivity index (χ1n) is 7.81. The van der Waals surface area contributed by atoms with Crippen LogP contribution in [0.4, 0.5) is 4.79 Å². The first-order chi connectivity index (χ1) is 10.1. The molecule has 22 heavy (non-hydrogen) atoms. The smallest absolute Gasteiger partial charge is 0.317 e. The third-order valence-corrected chi connectivity index (χ3v) is 4.16. The summed E-state index contributed by atoms with van der Waals surface area (Å²) >= 11 is 0. The van der Waals surface area contributed by atoms with Crippen molar-refractivity contribution < 1.29 is 19.8 Å². The van der Waals surface area contributed by atoms with Gasteiger partial charge < -0.3 is 20.8 Å². The molecule has 1 saturated carbocycles. The second-order valence-corrected chi connectivity index (χ2v) is 7.02. The van der Waals surface area contributed by atoms with Crippen LogP contribution in [0.1, 0.15) is 40.5 Å². The molecule has 0 heterocycles. The van der Waals surface area contributed by atoms with Crippen LogP contribution in [0.25, 0.3) is 0 Å². The maximum absolute atomic E-state index is 11.8. The summed E-state index contributed by atoms with van der Waals surface area (Å²) in [5.74, 6) is -0.827. The topological polar surface area (TPSA) is 102 Å². The largest absolute Gasteiger partial charge is 0.480 e. The maximum Gasteiger partial charge on any atom is 0.317 e. The number of carbonyl (C=O) groups excluding carboxylic acids is 1. The van der Waals surface area contributed by atoms with E-state index in [-0.39, 0.29) is 36.6 Å². The molecule has 0 aromatic rings. The standard InChI is InChI=1S/C15H29N3O4/c1-5-18(9-13(20)21)11-6-10(7-11)17-14(22)16-8-12(19)15(2,3)4/h10-12,19H,5-9H2,1-4H3,(H,20,21)(H2,16,17,22). The molecule has 7 heteroatoms. The number of aliphatic carboxylic acids is 1. The maximum atomic E-state index is 11.8. The van der Waals surface area contributed by atoms with Crippen LogP contribution in [-0.2, 0) is 4.79 Å². The Bertz CT molecular complexity index is 389. The molecular formula is C15H29N3O4. The molecule has 2 amide bonds. The lowest BCUT2D eigenvalue weighted by molar-refractivity contribution is -0.139. The number of urea groups is 1. The van der Waals surface area contributed by atoms with Crippen molar-refractivity contribution in [1.29, 1.82) is 0 Å². The van der Waals surface area contributed by atoms with E-state index in [4.69, 9.17) is 5.11 Å². The fourth-order valence-corrected chi connectivity index (χ4v) is 2.41. The monoisotopic (exact) mass is 315 g/mol. The Morgan fingerprint density at radius 2 is 1.91 bits per heavy atom. The Hall–Kier alpha value is -1.34. The normalized spacial score (nSPS) is 22.8. The van der Waals surface area contributed by atoms with Gasteiger partial charge in [0.15, 0.2) is 0 Å². The average Bonchev–Trinajstić information content (AvgIpc) is 2.35. The molecule has 1 unspecified atom stereocenters. The van der Waals surface area contributed by atoms with E-state index < -0.39 is 12.1 Å². The van der Waals surface area contributed by atoms with Gasteiger partial charge in [0.05, 0.1) is 12.6 Å². The fourth-order valence-electron chi connectivity index (χ4n) is 2.41. The van der Waals surface area contributed by atoms with Crippen molar-refractivity contribution in [2.45, 2.75) is 58.7 Å². The first kappa shape index (κ1) is 18.7. The van der Waals surface area contributed by atoms with E-state index in [1.807, 2.05) is 32.6 Å². The van der Waals surface area contributed by atoms with Gasteiger partial charge in [-0.25, -0.2) is 4.79 Å². The van der Waals surface area contributed by atoms with Crippen LogP contribution in [0.15, 0.2) is 0 Å². The number of aliphatic hydroxyl groups is 1. The van der Waals surface area contributed by atoms with Gasteiger partial charge in [0.1, 0.15) is 0 Å². The van der Waals surface area contributed by atoms with Crippen molar-refractivity contribution >= 4 is 12.0 Å². The number of amides is 2. The fraction of sp³-hybridized carbons (Fsp3) is 0.867. The Balaban J connectivity index is 2.25. The third kappa shape index (κ3) is 5.81. The highest BCUT2D eigenvalue weighted by Gasteiger charge is 2.34. The number of carbonyl (C=O) groups is 2. The van der Waals surface area contributed by atoms with E-state index in [0.717, 1.165) is 12.8 Å². The van der Waals surface area contributed by atoms with Crippen LogP contribution in [0.5, 0.6) is 0 Å². The van der Waals surface area contributed by atoms with E-state index in [2.05, 4.69) is 10.6 Å². The summed E-state index contributed by atoms with van der Waals surface area (Å²) in [4.78, 5) is 24.4. The van der Waals surface area contributed by atoms with Gasteiger partial charge in [0.25, 0.3) is 0 Å². The Morgan fingerprint density at radius 1 is 1.32 bits per heavy atom. The number of rotatable bonds is 7. The molecule has 4 N–H and O–H groups in total. The zero-order chi connectivity index (χ0) is 16.9. The summed E-state index contributed by atoms with van der Waals surface area (Å²) < 4.78 is 0. The number of carboxylic acid groups (broad SMARTS) is 1. The van der Waals surface area contributed by atoms with Crippen LogP contribution >= 0.6 is 0 Å². The van der Waals surface area contributed by atoms with Gasteiger partial charge in [-0.1, -0.05) is 27.7 Å². The summed E-state index contributed by atoms with van der Waals surface area (Å²) in [7, 11) is 0. The summed E-state index contributed by atoms with van der Waals surface area (Å²) in [5.41, 5.74) is -0.271. The minimum atomic E-state index is -0.827. The molecule has 1 aliphatic rings. The molecule has 0 radical (unpaired) electrons. The molecule has 0 spiro atoms. The summed E-state index contributed by atoms with van der Waals surface area (Å²) in [5, 5.41) is 24.2. The summed E-state index contributed by atoms with van der Waals surface area (Å²) in [6.07, 6.45) is 0.922. The van der Waals surface area contributed by atoms with Gasteiger partial charge in [-0.2, -0.15) is 0 Å². The van der Waals surface area contributed by atoms with Gasteiger partial charge in [-0.3, -0.25) is 9.69 Å². The molecule has 0 aromatic carbocycles. The lowest BCUT2D eigenvalue weighted by Crippen LogP contribution is -2.57. The van der Waals surface area contributed by atoms with Gasteiger partial charge in [0, 0.05) is 18.6 Å². The molecule has 1 fully saturated rings. The van der Waals surface area contributed by atoms with Crippen molar-refractivity contribution in [3.63, 3.8) is 0 Å². The minimum absolute atomic E-state index is 0.0395. The first-order valence-corrected chi connectivity index (χ1v) is 7.81. The highest BCUT2D eigenvalue weighted by atomic mass is 16.4. The summed E-state index contributed by atoms with van der Waals surface area (Å²) in [6, 6.07) is -0.000719. The molecule has 1 atom stereocenters. The molecule has 0 saturated heterocycles. The Morgan fingerprint density at radius 3 is 2.36 bits per heavy atom. The van der Waals surface area contributed by atoms with E-state index in [1.54, 1.807) is 0 Å². The predicted molar refractivity (Wildman–Crippen MR) is 83.7 cm³/mol. The predicted octanol–water partition coefficient (Wildman–Crippen LogP) is 0.630. The zero-order valence-electron chi connectivity index (χ0n) is 13.9. The lowest BCUT2D eigenvalue weighted by atomic mass is 9.85. The molecule has 0 bridgehead atoms. The van der Waals surface area contributed by atoms with Gasteiger partial charge >= 0.3 is 12.0 Å². The van der Waals surface area contributed by atoms with Crippen LogP contribution in [0, 0.1) is 5.41 Å². The third-order valence-electron chi connectivity index (χ3n) is 4.16. The molecule has 7 nitrogen and oxygen atoms in total. The number of aliphatic hydroxyl groups excluding tert-OH is 1. The van der Waals surface area contributed by atoms with Crippen LogP contribution in [0.3, 0.4) is 0 Å². The Labute approximate surface area is 132 Å². The van der Waals surface area contributed by atoms with Gasteiger partial charge in [-0.05, 0) is 24.8 Å². The molecular weight excluding hydrogens is 286 g/mol. The van der Waals surface area contributed by atoms with Crippen LogP contribution in [-0.4, -0.2) is 64.9 Å². The number of hydrogen-bond acceptors (Lipinski definition) is 4. The van der Waals surface area contributed by atoms with Crippen molar-refractivity contribution in [2.24, 2.45) is 5.41 Å². The second kappa shape index (κ2) is 7.78. The highest BCUT2D eigenvalue weighted by molar-refractivity contribution is 5.74.